The number of aryl methyl sites for hydroxylation is 3. The van der Waals surface area contributed by atoms with Crippen molar-refractivity contribution in [3.8, 4) is 50.8 Å². The molecule has 0 aliphatic heterocycles. The third-order valence-electron chi connectivity index (χ3n) is 19.5. The Balaban J connectivity index is 0.000000132. The number of hydrogen-bond acceptors (Lipinski definition) is 7. The van der Waals surface area contributed by atoms with Crippen LogP contribution in [0.15, 0.2) is 322 Å². The Morgan fingerprint density at radius 3 is 1.28 bits per heavy atom. The molecular formula is C97H70Ir4N6O2-4. The summed E-state index contributed by atoms with van der Waals surface area (Å²) in [5.41, 5.74) is 15.3. The number of aliphatic hydroxyl groups is 1. The van der Waals surface area contributed by atoms with Gasteiger partial charge in [0, 0.05) is 122 Å². The average molecular weight is 2120 g/mol. The van der Waals surface area contributed by atoms with Gasteiger partial charge >= 0.3 is 0 Å². The van der Waals surface area contributed by atoms with Crippen molar-refractivity contribution in [3.05, 3.63) is 363 Å². The van der Waals surface area contributed by atoms with E-state index in [4.69, 9.17) is 15.1 Å². The second-order valence-electron chi connectivity index (χ2n) is 26.4. The maximum atomic E-state index is 10.0. The molecule has 540 valence electrons. The fourth-order valence-electron chi connectivity index (χ4n) is 14.7. The second-order valence-corrected chi connectivity index (χ2v) is 26.4. The molecule has 6 aromatic heterocycles. The number of carbonyl (C=O) groups is 1. The summed E-state index contributed by atoms with van der Waals surface area (Å²) < 4.78 is 2.34. The number of hydrogen-bond donors (Lipinski definition) is 1. The van der Waals surface area contributed by atoms with Gasteiger partial charge in [-0.15, -0.1) is 101 Å². The quantitative estimate of drug-likeness (QED) is 0.0765. The number of allylic oxidation sites excluding steroid dienone is 2. The third-order valence-corrected chi connectivity index (χ3v) is 19.5. The van der Waals surface area contributed by atoms with Gasteiger partial charge < -0.3 is 29.6 Å². The van der Waals surface area contributed by atoms with Crippen LogP contribution in [0.4, 0.5) is 0 Å². The van der Waals surface area contributed by atoms with Gasteiger partial charge in [0.15, 0.2) is 5.78 Å². The number of rotatable bonds is 6. The molecule has 8 nitrogen and oxygen atoms in total. The number of para-hydroxylation sites is 2. The van der Waals surface area contributed by atoms with Crippen molar-refractivity contribution in [2.24, 2.45) is 0 Å². The summed E-state index contributed by atoms with van der Waals surface area (Å²) in [6.45, 7) is 4.83. The third kappa shape index (κ3) is 16.5. The first-order chi connectivity index (χ1) is 51.7. The molecule has 4 radical (unpaired) electrons. The van der Waals surface area contributed by atoms with E-state index in [1.54, 1.807) is 0 Å². The molecule has 0 atom stereocenters. The van der Waals surface area contributed by atoms with E-state index in [-0.39, 0.29) is 92.0 Å². The average Bonchev–Trinajstić information content (AvgIpc) is 1.64. The minimum absolute atomic E-state index is 0. The fraction of sp³-hybridized carbons (Fsp3) is 0.0722. The van der Waals surface area contributed by atoms with E-state index in [9.17, 15) is 4.79 Å². The Bertz CT molecular complexity index is 6520. The largest absolute Gasteiger partial charge is 0.512 e. The van der Waals surface area contributed by atoms with Gasteiger partial charge in [0.2, 0.25) is 0 Å². The van der Waals surface area contributed by atoms with E-state index in [1.165, 1.54) is 148 Å². The van der Waals surface area contributed by atoms with Crippen molar-refractivity contribution in [3.63, 3.8) is 0 Å². The van der Waals surface area contributed by atoms with Crippen LogP contribution in [-0.2, 0) is 98.1 Å². The molecule has 6 heterocycles. The van der Waals surface area contributed by atoms with Crippen LogP contribution in [0.25, 0.3) is 159 Å². The first-order valence-electron chi connectivity index (χ1n) is 35.5. The topological polar surface area (TPSA) is 107 Å². The summed E-state index contributed by atoms with van der Waals surface area (Å²) in [5, 5.41) is 30.4. The zero-order valence-electron chi connectivity index (χ0n) is 59.7. The maximum absolute atomic E-state index is 10.0. The summed E-state index contributed by atoms with van der Waals surface area (Å²) in [7, 11) is 0. The Kier molecular flexibility index (Phi) is 25.4. The molecule has 19 aromatic rings. The Morgan fingerprint density at radius 1 is 0.367 bits per heavy atom. The molecule has 0 spiro atoms. The first-order valence-corrected chi connectivity index (χ1v) is 35.5. The van der Waals surface area contributed by atoms with Gasteiger partial charge in [0.1, 0.15) is 0 Å². The maximum Gasteiger partial charge on any atom is 0.155 e. The van der Waals surface area contributed by atoms with Crippen molar-refractivity contribution in [2.75, 3.05) is 0 Å². The zero-order chi connectivity index (χ0) is 71.2. The van der Waals surface area contributed by atoms with E-state index < -0.39 is 0 Å². The van der Waals surface area contributed by atoms with Crippen LogP contribution in [0.5, 0.6) is 0 Å². The van der Waals surface area contributed by atoms with E-state index in [1.807, 2.05) is 62.0 Å². The van der Waals surface area contributed by atoms with Gasteiger partial charge in [-0.05, 0) is 201 Å². The Labute approximate surface area is 687 Å². The SMILES string of the molecule is CC(=O)C=C(C)O.Cc1cc[c-]c(-c2nccc3c2ccc2ccccc23)n1.[Ir].[Ir].[Ir].[Ir].[c-]1cc2c(cc1-c1nccc3c1ccc1ccccc13)CCCC2.[c-]1cc2c3ccccc3n(-c3ccccc3)c2cc1-c1nccc2c1ccc1ccccc12.[c-]1ccccc1-c1nccc2c1ccc1ccccc12. The smallest absolute Gasteiger partial charge is 0.155 e. The standard InChI is InChI=1S/C31H19N2.C23H18N.C19H13N2.C19H12N.C5H8O2.4Ir/c1-2-9-23(10-3-1)33-29-13-7-6-12-26(29)27-16-15-22(20-30(27)33)31-28-17-14-21-8-4-5-11-24(21)25(28)18-19-32-31;1-2-7-18-15-19(10-9-16(18)5-1)23-22-12-11-17-6-3-4-8-20(17)21(22)13-14-24-23;1-13-5-4-8-18(21-13)19-17-10-9-14-6-2-3-7-15(14)16(17)11-12-20-19;1-2-7-15(8-3-1)19-18-11-10-14-6-4-5-9-16(14)17(18)12-13-20-19;1-4(6)3-5(2)7;;;;/h1-14,16-20H;3-4,6,8-9,11-15H,1-2,5,7H2;2-7,9-12H,1H3;1-7,9-13H;3,6H,1-2H3;;;;/q4*-1;;;;;. The normalized spacial score (nSPS) is 11.5. The number of carbonyl (C=O) groups excluding carboxylic acids is 1. The number of pyridine rings is 5. The molecule has 1 N–H and O–H groups in total. The molecule has 0 fully saturated rings. The summed E-state index contributed by atoms with van der Waals surface area (Å²) >= 11 is 0. The van der Waals surface area contributed by atoms with Crippen LogP contribution in [0.1, 0.15) is 43.5 Å². The minimum Gasteiger partial charge on any atom is -0.512 e. The van der Waals surface area contributed by atoms with E-state index in [0.717, 1.165) is 72.8 Å². The van der Waals surface area contributed by atoms with Crippen LogP contribution < -0.4 is 0 Å². The molecule has 0 saturated carbocycles. The molecule has 20 rings (SSSR count). The van der Waals surface area contributed by atoms with Gasteiger partial charge in [0.05, 0.1) is 5.76 Å². The molecule has 109 heavy (non-hydrogen) atoms. The van der Waals surface area contributed by atoms with Crippen LogP contribution in [-0.4, -0.2) is 40.4 Å². The van der Waals surface area contributed by atoms with Gasteiger partial charge in [0.25, 0.3) is 0 Å². The Morgan fingerprint density at radius 2 is 0.798 bits per heavy atom. The minimum atomic E-state index is -0.125. The van der Waals surface area contributed by atoms with Crippen LogP contribution >= 0.6 is 0 Å². The number of aromatic nitrogens is 6. The predicted molar refractivity (Wildman–Crippen MR) is 435 cm³/mol. The van der Waals surface area contributed by atoms with E-state index >= 15 is 0 Å². The molecule has 0 amide bonds. The molecule has 1 aliphatic carbocycles. The number of nitrogens with zero attached hydrogens (tertiary/aromatic N) is 6. The number of benzene rings is 13. The molecule has 0 unspecified atom stereocenters. The van der Waals surface area contributed by atoms with Crippen LogP contribution in [0.3, 0.4) is 0 Å². The van der Waals surface area contributed by atoms with Crippen molar-refractivity contribution >= 4 is 114 Å². The summed E-state index contributed by atoms with van der Waals surface area (Å²) in [4.78, 5) is 33.2. The second kappa shape index (κ2) is 35.6. The monoisotopic (exact) mass is 2120 g/mol. The molecule has 0 bridgehead atoms. The fourth-order valence-corrected chi connectivity index (χ4v) is 14.7. The Hall–Kier alpha value is -10.7. The number of aliphatic hydroxyl groups excluding tert-OH is 1. The predicted octanol–water partition coefficient (Wildman–Crippen LogP) is 24.1. The molecule has 12 heteroatoms. The molecule has 1 aliphatic rings. The van der Waals surface area contributed by atoms with E-state index in [0.29, 0.717) is 0 Å². The number of fused-ring (bicyclic) bond motifs is 16. The van der Waals surface area contributed by atoms with Crippen molar-refractivity contribution in [1.82, 2.24) is 29.5 Å². The van der Waals surface area contributed by atoms with Gasteiger partial charge in [-0.2, -0.15) is 12.1 Å². The summed E-state index contributed by atoms with van der Waals surface area (Å²) in [5.74, 6) is -0.0625. The zero-order valence-corrected chi connectivity index (χ0v) is 69.3. The summed E-state index contributed by atoms with van der Waals surface area (Å²) in [6, 6.07) is 113. The van der Waals surface area contributed by atoms with Gasteiger partial charge in [-0.3, -0.25) is 9.78 Å². The van der Waals surface area contributed by atoms with E-state index in [2.05, 4.69) is 299 Å². The molecule has 13 aromatic carbocycles. The van der Waals surface area contributed by atoms with Crippen molar-refractivity contribution < 1.29 is 90.3 Å². The van der Waals surface area contributed by atoms with Gasteiger partial charge in [-0.25, -0.2) is 0 Å². The van der Waals surface area contributed by atoms with Crippen molar-refractivity contribution in [1.29, 1.82) is 0 Å². The van der Waals surface area contributed by atoms with Crippen LogP contribution in [0.2, 0.25) is 0 Å². The molecular weight excluding hydrogens is 2050 g/mol. The van der Waals surface area contributed by atoms with Crippen molar-refractivity contribution in [2.45, 2.75) is 46.5 Å². The number of ketones is 1. The molecule has 0 saturated heterocycles. The summed E-state index contributed by atoms with van der Waals surface area (Å²) in [6.07, 6.45) is 13.7. The van der Waals surface area contributed by atoms with Gasteiger partial charge in [-0.1, -0.05) is 207 Å². The first kappa shape index (κ1) is 77.9. The van der Waals surface area contributed by atoms with Crippen LogP contribution in [0, 0.1) is 31.2 Å².